The van der Waals surface area contributed by atoms with Crippen LogP contribution >= 0.6 is 0 Å². The molecule has 1 heterocycles. The van der Waals surface area contributed by atoms with Crippen LogP contribution in [0, 0.1) is 0 Å². The van der Waals surface area contributed by atoms with Gasteiger partial charge in [0.15, 0.2) is 0 Å². The number of unbranched alkanes of at least 4 members (excludes halogenated alkanes) is 1. The SMILES string of the molecule is CCCCN(C)Cc1nnc(C2CC2)o1. The molecule has 0 unspecified atom stereocenters. The fourth-order valence-corrected chi connectivity index (χ4v) is 1.56. The molecule has 1 aliphatic carbocycles. The van der Waals surface area contributed by atoms with Crippen LogP contribution in [0.3, 0.4) is 0 Å². The summed E-state index contributed by atoms with van der Waals surface area (Å²) in [4.78, 5) is 2.23. The summed E-state index contributed by atoms with van der Waals surface area (Å²) < 4.78 is 5.59. The van der Waals surface area contributed by atoms with Crippen LogP contribution in [0.4, 0.5) is 0 Å². The Morgan fingerprint density at radius 2 is 2.20 bits per heavy atom. The summed E-state index contributed by atoms with van der Waals surface area (Å²) in [7, 11) is 2.09. The topological polar surface area (TPSA) is 42.2 Å². The minimum absolute atomic E-state index is 0.562. The molecule has 4 heteroatoms. The third-order valence-corrected chi connectivity index (χ3v) is 2.71. The van der Waals surface area contributed by atoms with E-state index in [9.17, 15) is 0 Å². The quantitative estimate of drug-likeness (QED) is 0.720. The van der Waals surface area contributed by atoms with E-state index in [1.165, 1.54) is 25.7 Å². The van der Waals surface area contributed by atoms with Crippen molar-refractivity contribution in [1.29, 1.82) is 0 Å². The highest BCUT2D eigenvalue weighted by Gasteiger charge is 2.29. The van der Waals surface area contributed by atoms with Gasteiger partial charge in [-0.3, -0.25) is 4.90 Å². The average Bonchev–Trinajstić information content (AvgIpc) is 2.98. The number of hydrogen-bond acceptors (Lipinski definition) is 4. The minimum Gasteiger partial charge on any atom is -0.424 e. The van der Waals surface area contributed by atoms with Gasteiger partial charge in [0.25, 0.3) is 0 Å². The van der Waals surface area contributed by atoms with Gasteiger partial charge in [-0.05, 0) is 32.9 Å². The highest BCUT2D eigenvalue weighted by molar-refractivity contribution is 5.00. The highest BCUT2D eigenvalue weighted by atomic mass is 16.4. The number of aromatic nitrogens is 2. The number of nitrogens with zero attached hydrogens (tertiary/aromatic N) is 3. The lowest BCUT2D eigenvalue weighted by molar-refractivity contribution is 0.280. The molecule has 0 radical (unpaired) electrons. The molecule has 2 rings (SSSR count). The molecule has 15 heavy (non-hydrogen) atoms. The van der Waals surface area contributed by atoms with Crippen molar-refractivity contribution in [2.24, 2.45) is 0 Å². The molecule has 0 N–H and O–H groups in total. The van der Waals surface area contributed by atoms with Gasteiger partial charge in [0.1, 0.15) is 0 Å². The fraction of sp³-hybridized carbons (Fsp3) is 0.818. The molecule has 4 nitrogen and oxygen atoms in total. The van der Waals surface area contributed by atoms with Gasteiger partial charge in [0, 0.05) is 5.92 Å². The summed E-state index contributed by atoms with van der Waals surface area (Å²) in [5.41, 5.74) is 0. The van der Waals surface area contributed by atoms with E-state index >= 15 is 0 Å². The Morgan fingerprint density at radius 1 is 1.40 bits per heavy atom. The molecule has 1 aromatic heterocycles. The first-order valence-corrected chi connectivity index (χ1v) is 5.80. The molecule has 1 saturated carbocycles. The Balaban J connectivity index is 1.81. The summed E-state index contributed by atoms with van der Waals surface area (Å²) in [6, 6.07) is 0. The fourth-order valence-electron chi connectivity index (χ4n) is 1.56. The summed E-state index contributed by atoms with van der Waals surface area (Å²) in [6.07, 6.45) is 4.88. The molecule has 0 bridgehead atoms. The Labute approximate surface area is 90.7 Å². The summed E-state index contributed by atoms with van der Waals surface area (Å²) in [5.74, 6) is 2.16. The van der Waals surface area contributed by atoms with Crippen LogP contribution in [-0.2, 0) is 6.54 Å². The van der Waals surface area contributed by atoms with Crippen LogP contribution in [0.2, 0.25) is 0 Å². The predicted molar refractivity (Wildman–Crippen MR) is 57.5 cm³/mol. The van der Waals surface area contributed by atoms with Crippen LogP contribution in [-0.4, -0.2) is 28.7 Å². The van der Waals surface area contributed by atoms with Crippen molar-refractivity contribution in [3.8, 4) is 0 Å². The molecule has 0 aliphatic heterocycles. The zero-order chi connectivity index (χ0) is 10.7. The van der Waals surface area contributed by atoms with Crippen LogP contribution < -0.4 is 0 Å². The molecular formula is C11H19N3O. The van der Waals surface area contributed by atoms with E-state index in [0.717, 1.165) is 24.9 Å². The Hall–Kier alpha value is -0.900. The first kappa shape index (κ1) is 10.6. The molecule has 0 amide bonds. The largest absolute Gasteiger partial charge is 0.424 e. The zero-order valence-corrected chi connectivity index (χ0v) is 9.57. The Morgan fingerprint density at radius 3 is 2.87 bits per heavy atom. The van der Waals surface area contributed by atoms with E-state index in [2.05, 4.69) is 29.1 Å². The van der Waals surface area contributed by atoms with Crippen LogP contribution in [0.25, 0.3) is 0 Å². The molecule has 0 aromatic carbocycles. The maximum Gasteiger partial charge on any atom is 0.230 e. The van der Waals surface area contributed by atoms with E-state index in [1.54, 1.807) is 0 Å². The predicted octanol–water partition coefficient (Wildman–Crippen LogP) is 2.18. The normalized spacial score (nSPS) is 16.2. The summed E-state index contributed by atoms with van der Waals surface area (Å²) in [6.45, 7) is 4.07. The lowest BCUT2D eigenvalue weighted by Gasteiger charge is -2.12. The molecule has 0 atom stereocenters. The second-order valence-corrected chi connectivity index (χ2v) is 4.40. The first-order chi connectivity index (χ1) is 7.29. The van der Waals surface area contributed by atoms with Crippen LogP contribution in [0.15, 0.2) is 4.42 Å². The smallest absolute Gasteiger partial charge is 0.230 e. The summed E-state index contributed by atoms with van der Waals surface area (Å²) >= 11 is 0. The standard InChI is InChI=1S/C11H19N3O/c1-3-4-7-14(2)8-10-12-13-11(15-10)9-5-6-9/h9H,3-8H2,1-2H3. The van der Waals surface area contributed by atoms with Crippen molar-refractivity contribution in [3.05, 3.63) is 11.8 Å². The third-order valence-electron chi connectivity index (χ3n) is 2.71. The van der Waals surface area contributed by atoms with E-state index in [1.807, 2.05) is 0 Å². The third kappa shape index (κ3) is 3.02. The van der Waals surface area contributed by atoms with Crippen LogP contribution in [0.1, 0.15) is 50.3 Å². The van der Waals surface area contributed by atoms with E-state index in [4.69, 9.17) is 4.42 Å². The van der Waals surface area contributed by atoms with Gasteiger partial charge >= 0.3 is 0 Å². The molecule has 0 saturated heterocycles. The van der Waals surface area contributed by atoms with Gasteiger partial charge in [-0.15, -0.1) is 10.2 Å². The minimum atomic E-state index is 0.562. The van der Waals surface area contributed by atoms with Crippen molar-refractivity contribution >= 4 is 0 Å². The van der Waals surface area contributed by atoms with Crippen LogP contribution in [0.5, 0.6) is 0 Å². The molecular weight excluding hydrogens is 190 g/mol. The second kappa shape index (κ2) is 4.75. The lowest BCUT2D eigenvalue weighted by atomic mass is 10.3. The van der Waals surface area contributed by atoms with Gasteiger partial charge in [-0.2, -0.15) is 0 Å². The van der Waals surface area contributed by atoms with E-state index in [-0.39, 0.29) is 0 Å². The Bertz CT molecular complexity index is 307. The molecule has 1 aromatic rings. The van der Waals surface area contributed by atoms with Crippen molar-refractivity contribution in [3.63, 3.8) is 0 Å². The van der Waals surface area contributed by atoms with Crippen molar-refractivity contribution in [1.82, 2.24) is 15.1 Å². The van der Waals surface area contributed by atoms with Gasteiger partial charge in [-0.25, -0.2) is 0 Å². The molecule has 1 fully saturated rings. The maximum atomic E-state index is 5.59. The molecule has 1 aliphatic rings. The molecule has 0 spiro atoms. The summed E-state index contributed by atoms with van der Waals surface area (Å²) in [5, 5.41) is 8.14. The molecule has 84 valence electrons. The van der Waals surface area contributed by atoms with Gasteiger partial charge in [0.2, 0.25) is 11.8 Å². The highest BCUT2D eigenvalue weighted by Crippen LogP contribution is 2.38. The average molecular weight is 209 g/mol. The van der Waals surface area contributed by atoms with Crippen molar-refractivity contribution in [2.75, 3.05) is 13.6 Å². The monoisotopic (exact) mass is 209 g/mol. The van der Waals surface area contributed by atoms with E-state index in [0.29, 0.717) is 5.92 Å². The Kier molecular flexibility index (Phi) is 3.36. The van der Waals surface area contributed by atoms with Gasteiger partial charge in [0.05, 0.1) is 6.54 Å². The maximum absolute atomic E-state index is 5.59. The number of hydrogen-bond donors (Lipinski definition) is 0. The lowest BCUT2D eigenvalue weighted by Crippen LogP contribution is -2.19. The number of rotatable bonds is 6. The van der Waals surface area contributed by atoms with Gasteiger partial charge in [-0.1, -0.05) is 13.3 Å². The first-order valence-electron chi connectivity index (χ1n) is 5.80. The second-order valence-electron chi connectivity index (χ2n) is 4.40. The van der Waals surface area contributed by atoms with Crippen molar-refractivity contribution in [2.45, 2.75) is 45.1 Å². The zero-order valence-electron chi connectivity index (χ0n) is 9.57. The van der Waals surface area contributed by atoms with Crippen molar-refractivity contribution < 1.29 is 4.42 Å². The van der Waals surface area contributed by atoms with E-state index < -0.39 is 0 Å². The van der Waals surface area contributed by atoms with Gasteiger partial charge < -0.3 is 4.42 Å².